The maximum atomic E-state index is 4.25. The molecule has 0 aromatic carbocycles. The van der Waals surface area contributed by atoms with E-state index in [1.54, 1.807) is 0 Å². The van der Waals surface area contributed by atoms with Crippen LogP contribution in [0, 0.1) is 0 Å². The summed E-state index contributed by atoms with van der Waals surface area (Å²) in [4.78, 5) is 2.60. The van der Waals surface area contributed by atoms with Crippen LogP contribution in [-0.4, -0.2) is 40.4 Å². The highest BCUT2D eigenvalue weighted by Gasteiger charge is 2.20. The van der Waals surface area contributed by atoms with Crippen LogP contribution in [0.25, 0.3) is 0 Å². The average Bonchev–Trinajstić information content (AvgIpc) is 2.75. The molecule has 0 amide bonds. The zero-order valence-electron chi connectivity index (χ0n) is 11.0. The second-order valence-electron chi connectivity index (χ2n) is 4.99. The van der Waals surface area contributed by atoms with Crippen LogP contribution in [0.4, 0.5) is 0 Å². The van der Waals surface area contributed by atoms with Crippen molar-refractivity contribution in [2.75, 3.05) is 19.6 Å². The monoisotopic (exact) mass is 236 g/mol. The van der Waals surface area contributed by atoms with Gasteiger partial charge in [0, 0.05) is 37.9 Å². The molecule has 2 rings (SSSR count). The van der Waals surface area contributed by atoms with Crippen LogP contribution in [0.15, 0.2) is 12.4 Å². The van der Waals surface area contributed by atoms with E-state index < -0.39 is 0 Å². The molecule has 1 aliphatic rings. The SMILES string of the molecule is CCCN(Cc1cnn(C)c1)C1CCCNC1. The number of hydrogen-bond donors (Lipinski definition) is 1. The molecule has 1 saturated heterocycles. The Hall–Kier alpha value is -0.870. The lowest BCUT2D eigenvalue weighted by Crippen LogP contribution is -2.45. The van der Waals surface area contributed by atoms with Gasteiger partial charge in [0.2, 0.25) is 0 Å². The van der Waals surface area contributed by atoms with Gasteiger partial charge in [0.05, 0.1) is 6.20 Å². The van der Waals surface area contributed by atoms with Crippen LogP contribution in [0.3, 0.4) is 0 Å². The van der Waals surface area contributed by atoms with Gasteiger partial charge in [-0.2, -0.15) is 5.10 Å². The maximum absolute atomic E-state index is 4.25. The van der Waals surface area contributed by atoms with Gasteiger partial charge in [0.25, 0.3) is 0 Å². The summed E-state index contributed by atoms with van der Waals surface area (Å²) in [5, 5.41) is 7.75. The predicted molar refractivity (Wildman–Crippen MR) is 69.8 cm³/mol. The minimum Gasteiger partial charge on any atom is -0.315 e. The van der Waals surface area contributed by atoms with Crippen LogP contribution >= 0.6 is 0 Å². The van der Waals surface area contributed by atoms with Gasteiger partial charge < -0.3 is 5.32 Å². The molecule has 4 nitrogen and oxygen atoms in total. The minimum atomic E-state index is 0.698. The summed E-state index contributed by atoms with van der Waals surface area (Å²) in [5.74, 6) is 0. The van der Waals surface area contributed by atoms with E-state index in [-0.39, 0.29) is 0 Å². The van der Waals surface area contributed by atoms with Crippen molar-refractivity contribution in [1.82, 2.24) is 20.0 Å². The maximum Gasteiger partial charge on any atom is 0.0534 e. The Morgan fingerprint density at radius 1 is 1.59 bits per heavy atom. The third kappa shape index (κ3) is 3.54. The van der Waals surface area contributed by atoms with Crippen molar-refractivity contribution in [1.29, 1.82) is 0 Å². The number of hydrogen-bond acceptors (Lipinski definition) is 3. The van der Waals surface area contributed by atoms with E-state index in [1.807, 2.05) is 17.9 Å². The highest BCUT2D eigenvalue weighted by Crippen LogP contribution is 2.14. The van der Waals surface area contributed by atoms with E-state index in [0.717, 1.165) is 13.1 Å². The van der Waals surface area contributed by atoms with Crippen molar-refractivity contribution in [3.05, 3.63) is 18.0 Å². The van der Waals surface area contributed by atoms with Gasteiger partial charge in [0.1, 0.15) is 0 Å². The zero-order valence-corrected chi connectivity index (χ0v) is 11.0. The van der Waals surface area contributed by atoms with Gasteiger partial charge in [-0.15, -0.1) is 0 Å². The highest BCUT2D eigenvalue weighted by atomic mass is 15.2. The summed E-state index contributed by atoms with van der Waals surface area (Å²) in [6, 6.07) is 0.698. The number of aryl methyl sites for hydroxylation is 1. The molecule has 96 valence electrons. The normalized spacial score (nSPS) is 21.0. The van der Waals surface area contributed by atoms with Crippen molar-refractivity contribution in [3.63, 3.8) is 0 Å². The molecule has 1 aromatic rings. The summed E-state index contributed by atoms with van der Waals surface area (Å²) in [5.41, 5.74) is 1.33. The summed E-state index contributed by atoms with van der Waals surface area (Å²) in [6.45, 7) is 6.80. The number of aromatic nitrogens is 2. The number of nitrogens with one attached hydrogen (secondary N) is 1. The van der Waals surface area contributed by atoms with E-state index >= 15 is 0 Å². The Balaban J connectivity index is 1.95. The molecule has 0 saturated carbocycles. The van der Waals surface area contributed by atoms with Crippen LogP contribution in [0.2, 0.25) is 0 Å². The lowest BCUT2D eigenvalue weighted by molar-refractivity contribution is 0.158. The Labute approximate surface area is 104 Å². The van der Waals surface area contributed by atoms with Crippen molar-refractivity contribution >= 4 is 0 Å². The molecule has 1 fully saturated rings. The lowest BCUT2D eigenvalue weighted by atomic mass is 10.1. The smallest absolute Gasteiger partial charge is 0.0534 e. The van der Waals surface area contributed by atoms with Gasteiger partial charge in [-0.3, -0.25) is 9.58 Å². The van der Waals surface area contributed by atoms with Gasteiger partial charge in [-0.1, -0.05) is 6.92 Å². The molecule has 1 unspecified atom stereocenters. The molecule has 1 atom stereocenters. The van der Waals surface area contributed by atoms with E-state index in [2.05, 4.69) is 28.4 Å². The van der Waals surface area contributed by atoms with Gasteiger partial charge in [-0.25, -0.2) is 0 Å². The lowest BCUT2D eigenvalue weighted by Gasteiger charge is -2.34. The Bertz CT molecular complexity index is 328. The molecule has 17 heavy (non-hydrogen) atoms. The molecule has 1 aliphatic heterocycles. The minimum absolute atomic E-state index is 0.698. The summed E-state index contributed by atoms with van der Waals surface area (Å²) < 4.78 is 1.89. The summed E-state index contributed by atoms with van der Waals surface area (Å²) in [7, 11) is 1.98. The van der Waals surface area contributed by atoms with Crippen molar-refractivity contribution < 1.29 is 0 Å². The molecule has 0 aliphatic carbocycles. The Morgan fingerprint density at radius 3 is 3.06 bits per heavy atom. The number of rotatable bonds is 5. The van der Waals surface area contributed by atoms with Crippen LogP contribution in [-0.2, 0) is 13.6 Å². The van der Waals surface area contributed by atoms with Crippen molar-refractivity contribution in [2.45, 2.75) is 38.8 Å². The second kappa shape index (κ2) is 6.17. The molecule has 1 N–H and O–H groups in total. The van der Waals surface area contributed by atoms with Crippen molar-refractivity contribution in [3.8, 4) is 0 Å². The predicted octanol–water partition coefficient (Wildman–Crippen LogP) is 1.38. The summed E-state index contributed by atoms with van der Waals surface area (Å²) in [6.07, 6.45) is 7.96. The molecule has 1 aromatic heterocycles. The fourth-order valence-corrected chi connectivity index (χ4v) is 2.61. The van der Waals surface area contributed by atoms with Gasteiger partial charge in [-0.05, 0) is 32.4 Å². The number of nitrogens with zero attached hydrogens (tertiary/aromatic N) is 3. The van der Waals surface area contributed by atoms with Gasteiger partial charge >= 0.3 is 0 Å². The highest BCUT2D eigenvalue weighted by molar-refractivity contribution is 5.04. The van der Waals surface area contributed by atoms with E-state index in [0.29, 0.717) is 6.04 Å². The molecule has 0 spiro atoms. The summed E-state index contributed by atoms with van der Waals surface area (Å²) >= 11 is 0. The second-order valence-corrected chi connectivity index (χ2v) is 4.99. The van der Waals surface area contributed by atoms with Gasteiger partial charge in [0.15, 0.2) is 0 Å². The van der Waals surface area contributed by atoms with Crippen LogP contribution in [0.1, 0.15) is 31.7 Å². The largest absolute Gasteiger partial charge is 0.315 e. The van der Waals surface area contributed by atoms with E-state index in [4.69, 9.17) is 0 Å². The first-order chi connectivity index (χ1) is 8.29. The quantitative estimate of drug-likeness (QED) is 0.838. The topological polar surface area (TPSA) is 33.1 Å². The molecule has 2 heterocycles. The fraction of sp³-hybridized carbons (Fsp3) is 0.769. The number of piperidine rings is 1. The van der Waals surface area contributed by atoms with E-state index in [1.165, 1.54) is 37.9 Å². The van der Waals surface area contributed by atoms with Crippen molar-refractivity contribution in [2.24, 2.45) is 7.05 Å². The molecule has 0 bridgehead atoms. The average molecular weight is 236 g/mol. The van der Waals surface area contributed by atoms with E-state index in [9.17, 15) is 0 Å². The third-order valence-corrected chi connectivity index (χ3v) is 3.44. The third-order valence-electron chi connectivity index (χ3n) is 3.44. The molecule has 4 heteroatoms. The first kappa shape index (κ1) is 12.6. The Kier molecular flexibility index (Phi) is 4.57. The molecular weight excluding hydrogens is 212 g/mol. The molecular formula is C13H24N4. The zero-order chi connectivity index (χ0) is 12.1. The van der Waals surface area contributed by atoms with Crippen LogP contribution in [0.5, 0.6) is 0 Å². The Morgan fingerprint density at radius 2 is 2.47 bits per heavy atom. The first-order valence-electron chi connectivity index (χ1n) is 6.72. The standard InChI is InChI=1S/C13H24N4/c1-3-7-17(13-5-4-6-14-9-13)11-12-8-15-16(2)10-12/h8,10,13-14H,3-7,9,11H2,1-2H3. The van der Waals surface area contributed by atoms with Crippen LogP contribution < -0.4 is 5.32 Å². The molecule has 0 radical (unpaired) electrons. The first-order valence-corrected chi connectivity index (χ1v) is 6.72. The fourth-order valence-electron chi connectivity index (χ4n) is 2.61.